The number of hydrogen-bond donors (Lipinski definition) is 3. The first-order chi connectivity index (χ1) is 12.4. The molecule has 1 atom stereocenters. The van der Waals surface area contributed by atoms with Crippen molar-refractivity contribution in [3.63, 3.8) is 0 Å². The number of aliphatic hydroxyl groups is 2. The van der Waals surface area contributed by atoms with Gasteiger partial charge in [0.1, 0.15) is 0 Å². The first-order valence-electron chi connectivity index (χ1n) is 8.93. The van der Waals surface area contributed by atoms with E-state index in [0.29, 0.717) is 23.5 Å². The zero-order valence-electron chi connectivity index (χ0n) is 15.2. The fraction of sp³-hybridized carbons (Fsp3) is 0.611. The number of ether oxygens (including phenoxy) is 1. The standard InChI is InChI=1S/C18H26N4O4/c1-18(2,25)14(11-23)20-17(24)15-13-4-3-7-19-16(13)22(21-15)10-12-5-8-26-9-6-12/h3-4,7,12,14,23,25H,5-6,8-11H2,1-2H3,(H,20,24). The van der Waals surface area contributed by atoms with E-state index < -0.39 is 17.6 Å². The Morgan fingerprint density at radius 2 is 2.19 bits per heavy atom. The summed E-state index contributed by atoms with van der Waals surface area (Å²) in [5, 5.41) is 27.4. The molecular weight excluding hydrogens is 336 g/mol. The molecule has 0 spiro atoms. The van der Waals surface area contributed by atoms with Gasteiger partial charge in [-0.05, 0) is 44.7 Å². The highest BCUT2D eigenvalue weighted by molar-refractivity contribution is 6.04. The molecule has 0 aromatic carbocycles. The minimum absolute atomic E-state index is 0.253. The maximum absolute atomic E-state index is 12.7. The van der Waals surface area contributed by atoms with E-state index in [-0.39, 0.29) is 12.3 Å². The van der Waals surface area contributed by atoms with Crippen molar-refractivity contribution in [1.82, 2.24) is 20.1 Å². The van der Waals surface area contributed by atoms with Crippen molar-refractivity contribution in [2.75, 3.05) is 19.8 Å². The quantitative estimate of drug-likeness (QED) is 0.699. The van der Waals surface area contributed by atoms with Crippen LogP contribution in [0, 0.1) is 5.92 Å². The van der Waals surface area contributed by atoms with Gasteiger partial charge in [-0.15, -0.1) is 0 Å². The maximum atomic E-state index is 12.7. The normalized spacial score (nSPS) is 17.4. The second-order valence-corrected chi connectivity index (χ2v) is 7.32. The van der Waals surface area contributed by atoms with E-state index in [1.54, 1.807) is 16.9 Å². The average Bonchev–Trinajstić information content (AvgIpc) is 2.98. The van der Waals surface area contributed by atoms with Crippen LogP contribution in [0.1, 0.15) is 37.2 Å². The summed E-state index contributed by atoms with van der Waals surface area (Å²) in [7, 11) is 0. The van der Waals surface area contributed by atoms with Crippen LogP contribution in [0.4, 0.5) is 0 Å². The first-order valence-corrected chi connectivity index (χ1v) is 8.93. The van der Waals surface area contributed by atoms with Gasteiger partial charge in [0.15, 0.2) is 11.3 Å². The highest BCUT2D eigenvalue weighted by Gasteiger charge is 2.30. The minimum atomic E-state index is -1.25. The summed E-state index contributed by atoms with van der Waals surface area (Å²) in [4.78, 5) is 17.1. The number of aromatic nitrogens is 3. The summed E-state index contributed by atoms with van der Waals surface area (Å²) in [5.74, 6) is 0.00114. The van der Waals surface area contributed by atoms with Gasteiger partial charge in [0.25, 0.3) is 5.91 Å². The molecule has 1 saturated heterocycles. The molecule has 0 saturated carbocycles. The Morgan fingerprint density at radius 3 is 2.85 bits per heavy atom. The molecule has 2 aromatic heterocycles. The van der Waals surface area contributed by atoms with E-state index in [0.717, 1.165) is 26.1 Å². The molecule has 142 valence electrons. The summed E-state index contributed by atoms with van der Waals surface area (Å²) in [6.45, 7) is 4.88. The number of hydrogen-bond acceptors (Lipinski definition) is 6. The Balaban J connectivity index is 1.87. The molecule has 0 bridgehead atoms. The Hall–Kier alpha value is -2.03. The lowest BCUT2D eigenvalue weighted by molar-refractivity contribution is 0.0144. The third-order valence-corrected chi connectivity index (χ3v) is 4.83. The van der Waals surface area contributed by atoms with Gasteiger partial charge in [0.05, 0.1) is 23.6 Å². The number of amides is 1. The largest absolute Gasteiger partial charge is 0.394 e. The lowest BCUT2D eigenvalue weighted by atomic mass is 9.99. The lowest BCUT2D eigenvalue weighted by Crippen LogP contribution is -2.51. The van der Waals surface area contributed by atoms with E-state index >= 15 is 0 Å². The van der Waals surface area contributed by atoms with Crippen molar-refractivity contribution < 1.29 is 19.7 Å². The number of rotatable bonds is 6. The number of nitrogens with one attached hydrogen (secondary N) is 1. The number of pyridine rings is 1. The van der Waals surface area contributed by atoms with Crippen molar-refractivity contribution >= 4 is 16.9 Å². The van der Waals surface area contributed by atoms with Crippen molar-refractivity contribution in [1.29, 1.82) is 0 Å². The zero-order valence-corrected chi connectivity index (χ0v) is 15.2. The summed E-state index contributed by atoms with van der Waals surface area (Å²) in [6, 6.07) is 2.78. The molecule has 1 fully saturated rings. The van der Waals surface area contributed by atoms with Crippen LogP contribution >= 0.6 is 0 Å². The number of fused-ring (bicyclic) bond motifs is 1. The topological polar surface area (TPSA) is 110 Å². The Kier molecular flexibility index (Phi) is 5.55. The molecule has 1 aliphatic rings. The molecule has 0 aliphatic carbocycles. The van der Waals surface area contributed by atoms with Crippen LogP contribution < -0.4 is 5.32 Å². The molecule has 3 rings (SSSR count). The van der Waals surface area contributed by atoms with Crippen LogP contribution in [0.3, 0.4) is 0 Å². The molecule has 1 unspecified atom stereocenters. The first kappa shape index (κ1) is 18.8. The smallest absolute Gasteiger partial charge is 0.272 e. The Morgan fingerprint density at radius 1 is 1.46 bits per heavy atom. The molecule has 2 aromatic rings. The van der Waals surface area contributed by atoms with Crippen LogP contribution in [0.5, 0.6) is 0 Å². The predicted molar refractivity (Wildman–Crippen MR) is 95.7 cm³/mol. The molecule has 8 nitrogen and oxygen atoms in total. The molecule has 3 N–H and O–H groups in total. The molecule has 8 heteroatoms. The van der Waals surface area contributed by atoms with Crippen molar-refractivity contribution in [2.45, 2.75) is 44.9 Å². The lowest BCUT2D eigenvalue weighted by Gasteiger charge is -2.28. The van der Waals surface area contributed by atoms with Crippen LogP contribution in [0.2, 0.25) is 0 Å². The van der Waals surface area contributed by atoms with Gasteiger partial charge < -0.3 is 20.3 Å². The maximum Gasteiger partial charge on any atom is 0.272 e. The van der Waals surface area contributed by atoms with E-state index in [9.17, 15) is 15.0 Å². The number of aliphatic hydroxyl groups excluding tert-OH is 1. The molecule has 3 heterocycles. The Labute approximate surface area is 152 Å². The van der Waals surface area contributed by atoms with Crippen LogP contribution in [-0.4, -0.2) is 62.3 Å². The monoisotopic (exact) mass is 362 g/mol. The van der Waals surface area contributed by atoms with E-state index in [2.05, 4.69) is 15.4 Å². The van der Waals surface area contributed by atoms with Crippen LogP contribution in [-0.2, 0) is 11.3 Å². The van der Waals surface area contributed by atoms with Gasteiger partial charge in [0, 0.05) is 26.0 Å². The second kappa shape index (κ2) is 7.69. The summed E-state index contributed by atoms with van der Waals surface area (Å²) < 4.78 is 7.18. The van der Waals surface area contributed by atoms with Crippen molar-refractivity contribution in [2.24, 2.45) is 5.92 Å². The van der Waals surface area contributed by atoms with Gasteiger partial charge in [-0.25, -0.2) is 9.67 Å². The average molecular weight is 362 g/mol. The van der Waals surface area contributed by atoms with Gasteiger partial charge in [-0.1, -0.05) is 0 Å². The third-order valence-electron chi connectivity index (χ3n) is 4.83. The highest BCUT2D eigenvalue weighted by atomic mass is 16.5. The molecule has 1 aliphatic heterocycles. The van der Waals surface area contributed by atoms with Crippen LogP contribution in [0.15, 0.2) is 18.3 Å². The van der Waals surface area contributed by atoms with E-state index in [4.69, 9.17) is 4.74 Å². The van der Waals surface area contributed by atoms with E-state index in [1.807, 2.05) is 6.07 Å². The third kappa shape index (κ3) is 4.03. The SMILES string of the molecule is CC(C)(O)C(CO)NC(=O)c1nn(CC2CCOCC2)c2ncccc12. The molecule has 26 heavy (non-hydrogen) atoms. The molecule has 0 radical (unpaired) electrons. The van der Waals surface area contributed by atoms with Gasteiger partial charge in [-0.3, -0.25) is 4.79 Å². The van der Waals surface area contributed by atoms with Crippen LogP contribution in [0.25, 0.3) is 11.0 Å². The predicted octanol–water partition coefficient (Wildman–Crippen LogP) is 0.719. The second-order valence-electron chi connectivity index (χ2n) is 7.32. The number of carbonyl (C=O) groups excluding carboxylic acids is 1. The zero-order chi connectivity index (χ0) is 18.7. The fourth-order valence-corrected chi connectivity index (χ4v) is 3.15. The van der Waals surface area contributed by atoms with Crippen molar-refractivity contribution in [3.05, 3.63) is 24.0 Å². The summed E-state index contributed by atoms with van der Waals surface area (Å²) in [6.07, 6.45) is 3.60. The fourth-order valence-electron chi connectivity index (χ4n) is 3.15. The highest BCUT2D eigenvalue weighted by Crippen LogP contribution is 2.22. The van der Waals surface area contributed by atoms with Gasteiger partial charge >= 0.3 is 0 Å². The summed E-state index contributed by atoms with van der Waals surface area (Å²) in [5.41, 5.74) is -0.334. The Bertz CT molecular complexity index is 762. The molecular formula is C18H26N4O4. The summed E-state index contributed by atoms with van der Waals surface area (Å²) >= 11 is 0. The van der Waals surface area contributed by atoms with E-state index in [1.165, 1.54) is 13.8 Å². The van der Waals surface area contributed by atoms with Gasteiger partial charge in [-0.2, -0.15) is 5.10 Å². The molecule has 1 amide bonds. The van der Waals surface area contributed by atoms with Crippen molar-refractivity contribution in [3.8, 4) is 0 Å². The number of nitrogens with zero attached hydrogens (tertiary/aromatic N) is 3. The number of carbonyl (C=O) groups is 1. The van der Waals surface area contributed by atoms with Gasteiger partial charge in [0.2, 0.25) is 0 Å². The minimum Gasteiger partial charge on any atom is -0.394 e.